The number of benzene rings is 2. The quantitative estimate of drug-likeness (QED) is 0.519. The number of rotatable bonds is 4. The van der Waals surface area contributed by atoms with E-state index in [-0.39, 0.29) is 5.69 Å². The van der Waals surface area contributed by atoms with Gasteiger partial charge in [0.25, 0.3) is 5.69 Å². The minimum absolute atomic E-state index is 0.0111. The first-order valence-electron chi connectivity index (χ1n) is 5.67. The number of nitro groups is 1. The fraction of sp³-hybridized carbons (Fsp3) is 0.0714. The van der Waals surface area contributed by atoms with Gasteiger partial charge in [-0.05, 0) is 17.7 Å². The number of nitrogens with zero attached hydrogens (tertiary/aromatic N) is 2. The highest BCUT2D eigenvalue weighted by Crippen LogP contribution is 2.18. The molecule has 0 aliphatic carbocycles. The van der Waals surface area contributed by atoms with E-state index in [1.165, 1.54) is 24.3 Å². The maximum Gasteiger partial charge on any atom is 0.269 e. The standard InChI is InChI=1S/C14H12N2O3/c17-14(15-10-11-4-2-1-3-5-11)12-6-8-13(9-7-12)16(18)19/h1-10,14,17H. The monoisotopic (exact) mass is 256 g/mol. The Kier molecular flexibility index (Phi) is 4.00. The molecule has 0 aliphatic rings. The molecule has 5 heteroatoms. The first-order valence-corrected chi connectivity index (χ1v) is 5.67. The Morgan fingerprint density at radius 2 is 1.74 bits per heavy atom. The van der Waals surface area contributed by atoms with Crippen LogP contribution in [0.3, 0.4) is 0 Å². The van der Waals surface area contributed by atoms with Gasteiger partial charge in [0.15, 0.2) is 6.23 Å². The number of nitro benzene ring substituents is 1. The second-order valence-electron chi connectivity index (χ2n) is 3.91. The number of hydrogen-bond donors (Lipinski definition) is 1. The van der Waals surface area contributed by atoms with E-state index in [0.717, 1.165) is 5.56 Å². The minimum Gasteiger partial charge on any atom is -0.368 e. The SMILES string of the molecule is O=[N+]([O-])c1ccc(C(O)N=Cc2ccccc2)cc1. The van der Waals surface area contributed by atoms with Crippen LogP contribution in [0.5, 0.6) is 0 Å². The van der Waals surface area contributed by atoms with Crippen molar-refractivity contribution < 1.29 is 10.0 Å². The van der Waals surface area contributed by atoms with Crippen molar-refractivity contribution in [1.82, 2.24) is 0 Å². The molecule has 1 atom stereocenters. The van der Waals surface area contributed by atoms with E-state index < -0.39 is 11.2 Å². The van der Waals surface area contributed by atoms with E-state index in [4.69, 9.17) is 0 Å². The molecule has 0 fully saturated rings. The van der Waals surface area contributed by atoms with Crippen LogP contribution in [0.4, 0.5) is 5.69 Å². The summed E-state index contributed by atoms with van der Waals surface area (Å²) in [6, 6.07) is 15.0. The van der Waals surface area contributed by atoms with Gasteiger partial charge in [-0.15, -0.1) is 0 Å². The average Bonchev–Trinajstić information content (AvgIpc) is 2.46. The summed E-state index contributed by atoms with van der Waals surface area (Å²) in [5, 5.41) is 20.3. The molecule has 96 valence electrons. The summed E-state index contributed by atoms with van der Waals surface area (Å²) >= 11 is 0. The molecule has 2 rings (SSSR count). The minimum atomic E-state index is -1.03. The van der Waals surface area contributed by atoms with Crippen molar-refractivity contribution in [3.05, 3.63) is 75.8 Å². The number of aliphatic imine (C=N–C) groups is 1. The third-order valence-corrected chi connectivity index (χ3v) is 2.57. The molecule has 0 aliphatic heterocycles. The van der Waals surface area contributed by atoms with Crippen molar-refractivity contribution in [2.75, 3.05) is 0 Å². The first kappa shape index (κ1) is 12.9. The highest BCUT2D eigenvalue weighted by Gasteiger charge is 2.08. The van der Waals surface area contributed by atoms with E-state index >= 15 is 0 Å². The molecule has 19 heavy (non-hydrogen) atoms. The lowest BCUT2D eigenvalue weighted by molar-refractivity contribution is -0.384. The summed E-state index contributed by atoms with van der Waals surface area (Å²) < 4.78 is 0. The molecule has 0 aromatic heterocycles. The highest BCUT2D eigenvalue weighted by atomic mass is 16.6. The number of aliphatic hydroxyl groups is 1. The third kappa shape index (κ3) is 3.46. The molecule has 5 nitrogen and oxygen atoms in total. The molecular formula is C14H12N2O3. The maximum atomic E-state index is 10.5. The first-order chi connectivity index (χ1) is 9.16. The summed E-state index contributed by atoms with van der Waals surface area (Å²) in [5.41, 5.74) is 1.38. The molecule has 0 spiro atoms. The van der Waals surface area contributed by atoms with Gasteiger partial charge in [-0.1, -0.05) is 30.3 Å². The Bertz CT molecular complexity index is 579. The van der Waals surface area contributed by atoms with Crippen molar-refractivity contribution in [3.63, 3.8) is 0 Å². The van der Waals surface area contributed by atoms with Gasteiger partial charge < -0.3 is 5.11 Å². The molecule has 0 radical (unpaired) electrons. The normalized spacial score (nSPS) is 12.5. The summed E-state index contributed by atoms with van der Waals surface area (Å²) in [4.78, 5) is 14.0. The molecular weight excluding hydrogens is 244 g/mol. The van der Waals surface area contributed by atoms with Gasteiger partial charge in [-0.3, -0.25) is 15.1 Å². The lowest BCUT2D eigenvalue weighted by Gasteiger charge is -2.04. The average molecular weight is 256 g/mol. The molecule has 2 aromatic carbocycles. The fourth-order valence-corrected chi connectivity index (χ4v) is 1.55. The van der Waals surface area contributed by atoms with E-state index in [1.54, 1.807) is 6.21 Å². The Labute approximate surface area is 110 Å². The topological polar surface area (TPSA) is 75.7 Å². The van der Waals surface area contributed by atoms with E-state index in [2.05, 4.69) is 4.99 Å². The maximum absolute atomic E-state index is 10.5. The Hall–Kier alpha value is -2.53. The van der Waals surface area contributed by atoms with Crippen LogP contribution in [0.2, 0.25) is 0 Å². The number of aliphatic hydroxyl groups excluding tert-OH is 1. The third-order valence-electron chi connectivity index (χ3n) is 2.57. The van der Waals surface area contributed by atoms with Gasteiger partial charge in [-0.25, -0.2) is 0 Å². The number of hydrogen-bond acceptors (Lipinski definition) is 4. The summed E-state index contributed by atoms with van der Waals surface area (Å²) in [5.74, 6) is 0. The smallest absolute Gasteiger partial charge is 0.269 e. The van der Waals surface area contributed by atoms with Gasteiger partial charge >= 0.3 is 0 Å². The summed E-state index contributed by atoms with van der Waals surface area (Å²) in [6.45, 7) is 0. The van der Waals surface area contributed by atoms with Gasteiger partial charge in [0.05, 0.1) is 4.92 Å². The van der Waals surface area contributed by atoms with E-state index in [1.807, 2.05) is 30.3 Å². The fourth-order valence-electron chi connectivity index (χ4n) is 1.55. The molecule has 0 saturated carbocycles. The Morgan fingerprint density at radius 1 is 1.11 bits per heavy atom. The van der Waals surface area contributed by atoms with Crippen LogP contribution in [-0.4, -0.2) is 16.2 Å². The summed E-state index contributed by atoms with van der Waals surface area (Å²) in [6.07, 6.45) is 0.535. The van der Waals surface area contributed by atoms with Crippen molar-refractivity contribution in [3.8, 4) is 0 Å². The van der Waals surface area contributed by atoms with Crippen molar-refractivity contribution in [2.24, 2.45) is 4.99 Å². The molecule has 0 saturated heterocycles. The van der Waals surface area contributed by atoms with Crippen LogP contribution in [-0.2, 0) is 0 Å². The van der Waals surface area contributed by atoms with Gasteiger partial charge in [0.1, 0.15) is 0 Å². The highest BCUT2D eigenvalue weighted by molar-refractivity contribution is 5.79. The summed E-state index contributed by atoms with van der Waals surface area (Å²) in [7, 11) is 0. The van der Waals surface area contributed by atoms with E-state index in [9.17, 15) is 15.2 Å². The van der Waals surface area contributed by atoms with Gasteiger partial charge in [-0.2, -0.15) is 0 Å². The van der Waals surface area contributed by atoms with E-state index in [0.29, 0.717) is 5.56 Å². The predicted molar refractivity (Wildman–Crippen MR) is 72.1 cm³/mol. The second-order valence-corrected chi connectivity index (χ2v) is 3.91. The Balaban J connectivity index is 2.09. The zero-order chi connectivity index (χ0) is 13.7. The molecule has 1 N–H and O–H groups in total. The molecule has 0 heterocycles. The van der Waals surface area contributed by atoms with Crippen LogP contribution >= 0.6 is 0 Å². The van der Waals surface area contributed by atoms with Crippen LogP contribution < -0.4 is 0 Å². The van der Waals surface area contributed by atoms with Crippen LogP contribution in [0.25, 0.3) is 0 Å². The largest absolute Gasteiger partial charge is 0.368 e. The zero-order valence-corrected chi connectivity index (χ0v) is 10.0. The van der Waals surface area contributed by atoms with Crippen molar-refractivity contribution in [1.29, 1.82) is 0 Å². The van der Waals surface area contributed by atoms with Crippen LogP contribution in [0.1, 0.15) is 17.4 Å². The molecule has 0 bridgehead atoms. The lowest BCUT2D eigenvalue weighted by Crippen LogP contribution is -1.95. The second kappa shape index (κ2) is 5.88. The Morgan fingerprint density at radius 3 is 2.32 bits per heavy atom. The van der Waals surface area contributed by atoms with Crippen molar-refractivity contribution >= 4 is 11.9 Å². The predicted octanol–water partition coefficient (Wildman–Crippen LogP) is 2.70. The molecule has 2 aromatic rings. The zero-order valence-electron chi connectivity index (χ0n) is 10.0. The number of non-ortho nitro benzene ring substituents is 1. The molecule has 1 unspecified atom stereocenters. The van der Waals surface area contributed by atoms with Crippen LogP contribution in [0.15, 0.2) is 59.6 Å². The van der Waals surface area contributed by atoms with Crippen molar-refractivity contribution in [2.45, 2.75) is 6.23 Å². The molecule has 0 amide bonds. The van der Waals surface area contributed by atoms with Crippen LogP contribution in [0, 0.1) is 10.1 Å². The van der Waals surface area contributed by atoms with Gasteiger partial charge in [0, 0.05) is 23.9 Å². The lowest BCUT2D eigenvalue weighted by atomic mass is 10.2. The van der Waals surface area contributed by atoms with Gasteiger partial charge in [0.2, 0.25) is 0 Å².